The molecule has 2 nitrogen and oxygen atoms in total. The fraction of sp³-hybridized carbons (Fsp3) is 0.900. The minimum absolute atomic E-state index is 0.660. The van der Waals surface area contributed by atoms with Gasteiger partial charge in [-0.2, -0.15) is 0 Å². The molecule has 0 aromatic heterocycles. The van der Waals surface area contributed by atoms with E-state index in [0.29, 0.717) is 0 Å². The van der Waals surface area contributed by atoms with Crippen LogP contribution in [0.2, 0.25) is 39.3 Å². The number of hydrogen-bond donors (Lipinski definition) is 1. The molecule has 84 valence electrons. The first-order chi connectivity index (χ1) is 5.94. The van der Waals surface area contributed by atoms with Gasteiger partial charge in [0, 0.05) is 12.4 Å². The molecule has 0 aliphatic carbocycles. The van der Waals surface area contributed by atoms with Gasteiger partial charge >= 0.3 is 0 Å². The third kappa shape index (κ3) is 2.78. The second-order valence-corrected chi connectivity index (χ2v) is 16.6. The SMILES string of the molecule is CN=C(C(C)(O)[Si](C)(C)C)[Si](C)(C)C. The van der Waals surface area contributed by atoms with Crippen LogP contribution in [-0.2, 0) is 0 Å². The largest absolute Gasteiger partial charge is 0.388 e. The monoisotopic (exact) mass is 231 g/mol. The average molecular weight is 231 g/mol. The van der Waals surface area contributed by atoms with Crippen LogP contribution in [0.5, 0.6) is 0 Å². The Kier molecular flexibility index (Phi) is 3.92. The van der Waals surface area contributed by atoms with E-state index in [9.17, 15) is 5.11 Å². The summed E-state index contributed by atoms with van der Waals surface area (Å²) in [5, 5.41) is 11.0. The number of rotatable bonds is 3. The Hall–Kier alpha value is 0.0638. The lowest BCUT2D eigenvalue weighted by Gasteiger charge is -2.41. The maximum Gasteiger partial charge on any atom is 0.0987 e. The van der Waals surface area contributed by atoms with Gasteiger partial charge in [-0.1, -0.05) is 39.3 Å². The van der Waals surface area contributed by atoms with Crippen molar-refractivity contribution < 1.29 is 5.11 Å². The van der Waals surface area contributed by atoms with Crippen molar-refractivity contribution in [3.8, 4) is 0 Å². The molecule has 0 radical (unpaired) electrons. The van der Waals surface area contributed by atoms with E-state index in [-0.39, 0.29) is 0 Å². The van der Waals surface area contributed by atoms with Crippen LogP contribution in [0, 0.1) is 0 Å². The molecule has 0 amide bonds. The van der Waals surface area contributed by atoms with Crippen molar-refractivity contribution in [2.45, 2.75) is 51.4 Å². The lowest BCUT2D eigenvalue weighted by Crippen LogP contribution is -2.62. The van der Waals surface area contributed by atoms with Crippen molar-refractivity contribution >= 4 is 21.5 Å². The molecular weight excluding hydrogens is 206 g/mol. The van der Waals surface area contributed by atoms with Crippen molar-refractivity contribution in [3.63, 3.8) is 0 Å². The smallest absolute Gasteiger partial charge is 0.0987 e. The fourth-order valence-electron chi connectivity index (χ4n) is 1.64. The molecule has 0 heterocycles. The van der Waals surface area contributed by atoms with Crippen molar-refractivity contribution in [2.75, 3.05) is 7.05 Å². The zero-order chi connectivity index (χ0) is 11.8. The minimum Gasteiger partial charge on any atom is -0.388 e. The zero-order valence-electron chi connectivity index (χ0n) is 10.9. The van der Waals surface area contributed by atoms with E-state index in [1.54, 1.807) is 0 Å². The van der Waals surface area contributed by atoms with Gasteiger partial charge in [-0.15, -0.1) is 0 Å². The van der Waals surface area contributed by atoms with Crippen LogP contribution in [0.4, 0.5) is 0 Å². The molecule has 14 heavy (non-hydrogen) atoms. The lowest BCUT2D eigenvalue weighted by molar-refractivity contribution is 0.209. The molecule has 0 aliphatic heterocycles. The molecule has 0 spiro atoms. The highest BCUT2D eigenvalue weighted by molar-refractivity contribution is 7.09. The summed E-state index contributed by atoms with van der Waals surface area (Å²) in [6.45, 7) is 15.2. The number of nitrogens with zero attached hydrogens (tertiary/aromatic N) is 1. The lowest BCUT2D eigenvalue weighted by atomic mass is 10.4. The predicted octanol–water partition coefficient (Wildman–Crippen LogP) is 2.56. The topological polar surface area (TPSA) is 32.6 Å². The van der Waals surface area contributed by atoms with Crippen molar-refractivity contribution in [2.24, 2.45) is 4.99 Å². The molecule has 0 saturated heterocycles. The van der Waals surface area contributed by atoms with Crippen LogP contribution in [0.3, 0.4) is 0 Å². The Morgan fingerprint density at radius 1 is 1.07 bits per heavy atom. The van der Waals surface area contributed by atoms with Gasteiger partial charge in [-0.05, 0) is 6.92 Å². The average Bonchev–Trinajstić information content (AvgIpc) is 1.80. The van der Waals surface area contributed by atoms with Gasteiger partial charge < -0.3 is 5.11 Å². The van der Waals surface area contributed by atoms with E-state index < -0.39 is 21.4 Å². The molecule has 0 aromatic carbocycles. The van der Waals surface area contributed by atoms with Crippen molar-refractivity contribution in [3.05, 3.63) is 0 Å². The van der Waals surface area contributed by atoms with Gasteiger partial charge in [-0.25, -0.2) is 0 Å². The first-order valence-corrected chi connectivity index (χ1v) is 12.1. The first kappa shape index (κ1) is 14.1. The summed E-state index contributed by atoms with van der Waals surface area (Å²) in [5.41, 5.74) is 0. The van der Waals surface area contributed by atoms with Crippen LogP contribution in [0.1, 0.15) is 6.92 Å². The predicted molar refractivity (Wildman–Crippen MR) is 70.7 cm³/mol. The highest BCUT2D eigenvalue weighted by atomic mass is 28.3. The molecule has 0 fully saturated rings. The molecule has 1 unspecified atom stereocenters. The Labute approximate surface area is 90.5 Å². The summed E-state index contributed by atoms with van der Waals surface area (Å²) in [4.78, 5) is 4.36. The first-order valence-electron chi connectivity index (χ1n) is 5.14. The second-order valence-electron chi connectivity index (χ2n) is 6.14. The normalized spacial score (nSPS) is 19.4. The summed E-state index contributed by atoms with van der Waals surface area (Å²) in [6, 6.07) is 0. The highest BCUT2D eigenvalue weighted by Gasteiger charge is 2.45. The van der Waals surface area contributed by atoms with E-state index in [4.69, 9.17) is 0 Å². The molecule has 1 atom stereocenters. The third-order valence-corrected chi connectivity index (χ3v) is 8.39. The van der Waals surface area contributed by atoms with Gasteiger partial charge in [0.15, 0.2) is 0 Å². The number of hydrogen-bond acceptors (Lipinski definition) is 2. The molecule has 0 rings (SSSR count). The van der Waals surface area contributed by atoms with E-state index in [1.165, 1.54) is 0 Å². The Morgan fingerprint density at radius 2 is 1.43 bits per heavy atom. The Bertz CT molecular complexity index is 233. The molecular formula is C10H25NOSi2. The van der Waals surface area contributed by atoms with Gasteiger partial charge in [0.1, 0.15) is 0 Å². The summed E-state index contributed by atoms with van der Waals surface area (Å²) >= 11 is 0. The second kappa shape index (κ2) is 3.91. The van der Waals surface area contributed by atoms with E-state index in [1.807, 2.05) is 14.0 Å². The van der Waals surface area contributed by atoms with Crippen LogP contribution >= 0.6 is 0 Å². The van der Waals surface area contributed by atoms with Crippen molar-refractivity contribution in [1.29, 1.82) is 0 Å². The third-order valence-electron chi connectivity index (χ3n) is 2.86. The van der Waals surface area contributed by atoms with E-state index in [0.717, 1.165) is 5.33 Å². The van der Waals surface area contributed by atoms with Crippen LogP contribution in [0.25, 0.3) is 0 Å². The molecule has 0 bridgehead atoms. The molecule has 0 saturated carbocycles. The fourth-order valence-corrected chi connectivity index (χ4v) is 6.84. The summed E-state index contributed by atoms with van der Waals surface area (Å²) < 4.78 is 0. The van der Waals surface area contributed by atoms with E-state index >= 15 is 0 Å². The van der Waals surface area contributed by atoms with Crippen LogP contribution < -0.4 is 0 Å². The van der Waals surface area contributed by atoms with Gasteiger partial charge in [0.05, 0.1) is 21.4 Å². The molecule has 0 aromatic rings. The summed E-state index contributed by atoms with van der Waals surface area (Å²) in [7, 11) is -1.31. The standard InChI is InChI=1S/C10H25NOSi2/c1-10(12,14(6,7)8)9(11-2)13(3,4)5/h12H,1-8H3. The van der Waals surface area contributed by atoms with Crippen LogP contribution in [-0.4, -0.2) is 38.9 Å². The number of aliphatic hydroxyl groups is 1. The summed E-state index contributed by atoms with van der Waals surface area (Å²) in [6.07, 6.45) is 0. The Balaban J connectivity index is 5.29. The highest BCUT2D eigenvalue weighted by Crippen LogP contribution is 2.26. The molecule has 0 aliphatic rings. The quantitative estimate of drug-likeness (QED) is 0.588. The van der Waals surface area contributed by atoms with E-state index in [2.05, 4.69) is 44.3 Å². The number of aliphatic imine (C=N–C) groups is 1. The molecule has 1 N–H and O–H groups in total. The van der Waals surface area contributed by atoms with Gasteiger partial charge in [0.25, 0.3) is 0 Å². The Morgan fingerprint density at radius 3 is 1.50 bits per heavy atom. The van der Waals surface area contributed by atoms with Gasteiger partial charge in [0.2, 0.25) is 0 Å². The maximum atomic E-state index is 10.6. The maximum absolute atomic E-state index is 10.6. The summed E-state index contributed by atoms with van der Waals surface area (Å²) in [5.74, 6) is 0. The van der Waals surface area contributed by atoms with Crippen LogP contribution in [0.15, 0.2) is 4.99 Å². The minimum atomic E-state index is -1.62. The molecule has 4 heteroatoms. The van der Waals surface area contributed by atoms with Crippen molar-refractivity contribution in [1.82, 2.24) is 0 Å². The zero-order valence-corrected chi connectivity index (χ0v) is 12.9. The van der Waals surface area contributed by atoms with Gasteiger partial charge in [-0.3, -0.25) is 4.99 Å².